The molecule has 0 saturated heterocycles. The van der Waals surface area contributed by atoms with Gasteiger partial charge < -0.3 is 9.47 Å². The van der Waals surface area contributed by atoms with Gasteiger partial charge in [-0.15, -0.1) is 0 Å². The first-order valence-electron chi connectivity index (χ1n) is 17.9. The van der Waals surface area contributed by atoms with Crippen molar-refractivity contribution in [1.82, 2.24) is 0 Å². The molecular weight excluding hydrogens is 665 g/mol. The highest BCUT2D eigenvalue weighted by Crippen LogP contribution is 2.59. The third-order valence-electron chi connectivity index (χ3n) is 10.2. The normalized spacial score (nSPS) is 19.5. The molecule has 1 atom stereocenters. The summed E-state index contributed by atoms with van der Waals surface area (Å²) in [5.74, 6) is -0.0607. The van der Waals surface area contributed by atoms with E-state index in [2.05, 4.69) is 123 Å². The lowest BCUT2D eigenvalue weighted by Gasteiger charge is -2.35. The van der Waals surface area contributed by atoms with Crippen molar-refractivity contribution in [3.63, 3.8) is 0 Å². The number of hydrogen-bond donors (Lipinski definition) is 0. The fourth-order valence-corrected chi connectivity index (χ4v) is 7.74. The summed E-state index contributed by atoms with van der Waals surface area (Å²) in [7, 11) is 0. The van der Waals surface area contributed by atoms with E-state index in [0.29, 0.717) is 34.6 Å². The lowest BCUT2D eigenvalue weighted by molar-refractivity contribution is -0.134. The Morgan fingerprint density at radius 2 is 1.30 bits per heavy atom. The molecule has 6 aromatic rings. The zero-order chi connectivity index (χ0) is 37.6. The van der Waals surface area contributed by atoms with Gasteiger partial charge in [0, 0.05) is 11.1 Å². The Hall–Kier alpha value is -6.78. The van der Waals surface area contributed by atoms with Crippen molar-refractivity contribution in [2.45, 2.75) is 25.7 Å². The number of fused-ring (bicyclic) bond motifs is 7. The summed E-state index contributed by atoms with van der Waals surface area (Å²) in [6.45, 7) is 15.0. The largest absolute Gasteiger partial charge is 0.423 e. The van der Waals surface area contributed by atoms with Crippen LogP contribution < -0.4 is 4.74 Å². The van der Waals surface area contributed by atoms with Crippen LogP contribution in [0.1, 0.15) is 37.0 Å². The topological polar surface area (TPSA) is 52.6 Å². The van der Waals surface area contributed by atoms with Gasteiger partial charge in [0.15, 0.2) is 0 Å². The molecule has 0 aliphatic heterocycles. The number of carbonyl (C=O) groups is 2. The van der Waals surface area contributed by atoms with Gasteiger partial charge in [0.25, 0.3) is 0 Å². The van der Waals surface area contributed by atoms with Gasteiger partial charge in [0.05, 0.1) is 5.41 Å². The second-order valence-electron chi connectivity index (χ2n) is 14.0. The SMILES string of the molecule is C=C1/C=C\C(C2(c3ccc4cc(OC(=O)C(=C)C)ccc4c3)c3cc4ccccc4cc3-c3c2ccc2ccccc32)=C/C/C=C\C(OC(=O)C(=C)C)=C/1. The Bertz CT molecular complexity index is 2750. The van der Waals surface area contributed by atoms with Crippen LogP contribution in [0.5, 0.6) is 5.75 Å². The fraction of sp³-hybridized carbons (Fsp3) is 0.0800. The molecule has 0 radical (unpaired) electrons. The predicted octanol–water partition coefficient (Wildman–Crippen LogP) is 11.9. The van der Waals surface area contributed by atoms with Crippen molar-refractivity contribution < 1.29 is 19.1 Å². The summed E-state index contributed by atoms with van der Waals surface area (Å²) >= 11 is 0. The van der Waals surface area contributed by atoms with Gasteiger partial charge in [0.2, 0.25) is 0 Å². The highest BCUT2D eigenvalue weighted by atomic mass is 16.5. The number of allylic oxidation sites excluding steroid dienone is 8. The summed E-state index contributed by atoms with van der Waals surface area (Å²) in [6, 6.07) is 38.6. The van der Waals surface area contributed by atoms with Gasteiger partial charge in [-0.3, -0.25) is 0 Å². The van der Waals surface area contributed by atoms with Crippen molar-refractivity contribution in [1.29, 1.82) is 0 Å². The number of esters is 2. The Labute approximate surface area is 315 Å². The molecule has 4 nitrogen and oxygen atoms in total. The molecule has 0 heterocycles. The standard InChI is InChI=1S/C50H38O4/c1-31(2)48(51)53-41-16-10-9-15-39(22-18-33(5)26-41)50(40-23-19-38-28-42(24-20-37(38)27-40)54-49(52)32(3)4)45-25-21-34-12-8-11-17-43(34)47(45)44-29-35-13-6-7-14-36(35)30-46(44)50/h6-8,10-30H,1,3,5,9H2,2,4H3/b16-10-,22-18-,39-15+,41-26+. The van der Waals surface area contributed by atoms with E-state index < -0.39 is 17.4 Å². The number of rotatable bonds is 6. The molecule has 0 aromatic heterocycles. The molecule has 262 valence electrons. The molecule has 0 N–H and O–H groups in total. The van der Waals surface area contributed by atoms with Gasteiger partial charge in [-0.1, -0.05) is 123 Å². The molecule has 0 saturated carbocycles. The van der Waals surface area contributed by atoms with Crippen molar-refractivity contribution >= 4 is 44.3 Å². The van der Waals surface area contributed by atoms with E-state index in [1.165, 1.54) is 38.4 Å². The van der Waals surface area contributed by atoms with Crippen LogP contribution in [-0.4, -0.2) is 11.9 Å². The number of benzene rings is 6. The second-order valence-corrected chi connectivity index (χ2v) is 14.0. The molecule has 6 aromatic carbocycles. The Morgan fingerprint density at radius 1 is 0.648 bits per heavy atom. The van der Waals surface area contributed by atoms with Crippen LogP contribution >= 0.6 is 0 Å². The highest BCUT2D eigenvalue weighted by molar-refractivity contribution is 6.07. The minimum Gasteiger partial charge on any atom is -0.423 e. The number of ether oxygens (including phenoxy) is 2. The van der Waals surface area contributed by atoms with Crippen molar-refractivity contribution in [3.05, 3.63) is 210 Å². The van der Waals surface area contributed by atoms with Crippen LogP contribution in [0.2, 0.25) is 0 Å². The van der Waals surface area contributed by atoms with E-state index in [0.717, 1.165) is 27.3 Å². The summed E-state index contributed by atoms with van der Waals surface area (Å²) in [4.78, 5) is 24.8. The fourth-order valence-electron chi connectivity index (χ4n) is 7.74. The van der Waals surface area contributed by atoms with Crippen LogP contribution in [0, 0.1) is 0 Å². The summed E-state index contributed by atoms with van der Waals surface area (Å²) in [6.07, 6.45) is 12.6. The van der Waals surface area contributed by atoms with Gasteiger partial charge in [-0.2, -0.15) is 0 Å². The van der Waals surface area contributed by atoms with Crippen molar-refractivity contribution in [3.8, 4) is 16.9 Å². The van der Waals surface area contributed by atoms with Crippen molar-refractivity contribution in [2.24, 2.45) is 0 Å². The third-order valence-corrected chi connectivity index (χ3v) is 10.2. The highest BCUT2D eigenvalue weighted by Gasteiger charge is 2.47. The summed E-state index contributed by atoms with van der Waals surface area (Å²) < 4.78 is 11.2. The molecule has 0 amide bonds. The molecular formula is C50H38O4. The van der Waals surface area contributed by atoms with Gasteiger partial charge >= 0.3 is 11.9 Å². The lowest BCUT2D eigenvalue weighted by atomic mass is 9.66. The van der Waals surface area contributed by atoms with E-state index in [4.69, 9.17) is 9.47 Å². The average molecular weight is 703 g/mol. The first kappa shape index (κ1) is 34.3. The molecule has 2 aliphatic rings. The maximum Gasteiger partial charge on any atom is 0.338 e. The van der Waals surface area contributed by atoms with Crippen LogP contribution in [0.4, 0.5) is 0 Å². The minimum atomic E-state index is -0.735. The Kier molecular flexibility index (Phi) is 8.67. The maximum atomic E-state index is 12.4. The van der Waals surface area contributed by atoms with Crippen molar-refractivity contribution in [2.75, 3.05) is 0 Å². The monoisotopic (exact) mass is 702 g/mol. The summed E-state index contributed by atoms with van der Waals surface area (Å²) in [5.41, 5.74) is 7.57. The molecule has 2 aliphatic carbocycles. The lowest BCUT2D eigenvalue weighted by Crippen LogP contribution is -2.29. The van der Waals surface area contributed by atoms with E-state index in [9.17, 15) is 9.59 Å². The number of carbonyl (C=O) groups excluding carboxylic acids is 2. The molecule has 0 fully saturated rings. The first-order chi connectivity index (χ1) is 26.1. The van der Waals surface area contributed by atoms with Gasteiger partial charge in [0.1, 0.15) is 11.5 Å². The van der Waals surface area contributed by atoms with Crippen LogP contribution in [0.15, 0.2) is 193 Å². The smallest absolute Gasteiger partial charge is 0.338 e. The second kappa shape index (κ2) is 13.6. The molecule has 54 heavy (non-hydrogen) atoms. The van der Waals surface area contributed by atoms with E-state index in [1.54, 1.807) is 19.9 Å². The molecule has 8 rings (SSSR count). The quantitative estimate of drug-likeness (QED) is 0.0985. The van der Waals surface area contributed by atoms with Gasteiger partial charge in [-0.25, -0.2) is 9.59 Å². The maximum absolute atomic E-state index is 12.4. The molecule has 1 unspecified atom stereocenters. The number of hydrogen-bond acceptors (Lipinski definition) is 4. The Balaban J connectivity index is 1.40. The molecule has 0 spiro atoms. The van der Waals surface area contributed by atoms with Crippen LogP contribution in [0.25, 0.3) is 43.4 Å². The zero-order valence-corrected chi connectivity index (χ0v) is 30.3. The first-order valence-corrected chi connectivity index (χ1v) is 17.9. The third kappa shape index (κ3) is 5.92. The van der Waals surface area contributed by atoms with Crippen LogP contribution in [-0.2, 0) is 19.7 Å². The van der Waals surface area contributed by atoms with Gasteiger partial charge in [-0.05, 0) is 134 Å². The van der Waals surface area contributed by atoms with E-state index >= 15 is 0 Å². The predicted molar refractivity (Wildman–Crippen MR) is 220 cm³/mol. The molecule has 0 bridgehead atoms. The minimum absolute atomic E-state index is 0.324. The Morgan fingerprint density at radius 3 is 2.07 bits per heavy atom. The van der Waals surface area contributed by atoms with E-state index in [-0.39, 0.29) is 0 Å². The van der Waals surface area contributed by atoms with E-state index in [1.807, 2.05) is 36.4 Å². The zero-order valence-electron chi connectivity index (χ0n) is 30.3. The molecule has 4 heteroatoms. The average Bonchev–Trinajstić information content (AvgIpc) is 3.46. The summed E-state index contributed by atoms with van der Waals surface area (Å²) in [5, 5.41) is 6.66. The van der Waals surface area contributed by atoms with Crippen LogP contribution in [0.3, 0.4) is 0 Å².